The number of rotatable bonds is 7. The van der Waals surface area contributed by atoms with Gasteiger partial charge in [0, 0.05) is 12.2 Å². The Balaban J connectivity index is 2.23. The van der Waals surface area contributed by atoms with Crippen molar-refractivity contribution in [2.75, 3.05) is 25.1 Å². The van der Waals surface area contributed by atoms with E-state index in [0.29, 0.717) is 5.69 Å². The van der Waals surface area contributed by atoms with Crippen LogP contribution in [0.2, 0.25) is 0 Å². The third-order valence-corrected chi connectivity index (χ3v) is 2.68. The molecule has 0 saturated carbocycles. The maximum Gasteiger partial charge on any atom is 0.411 e. The standard InChI is InChI=1S/C14H19F3N2O2/c1-10-3-5-12(6-4-10)19-13(20)11(2)18-7-8-21-9-14(15,16)17/h3-6,11,18H,7-9H2,1-2H3,(H,19,20). The van der Waals surface area contributed by atoms with Gasteiger partial charge in [0.25, 0.3) is 0 Å². The van der Waals surface area contributed by atoms with Crippen LogP contribution in [0.4, 0.5) is 18.9 Å². The van der Waals surface area contributed by atoms with Crippen LogP contribution in [0.3, 0.4) is 0 Å². The number of carbonyl (C=O) groups is 1. The van der Waals surface area contributed by atoms with Gasteiger partial charge in [-0.3, -0.25) is 4.79 Å². The molecule has 0 aliphatic heterocycles. The third-order valence-electron chi connectivity index (χ3n) is 2.68. The van der Waals surface area contributed by atoms with Crippen molar-refractivity contribution in [2.45, 2.75) is 26.1 Å². The van der Waals surface area contributed by atoms with E-state index in [1.807, 2.05) is 19.1 Å². The molecule has 7 heteroatoms. The van der Waals surface area contributed by atoms with Crippen LogP contribution in [0, 0.1) is 6.92 Å². The van der Waals surface area contributed by atoms with Crippen LogP contribution in [-0.2, 0) is 9.53 Å². The summed E-state index contributed by atoms with van der Waals surface area (Å²) in [5, 5.41) is 5.51. The van der Waals surface area contributed by atoms with E-state index in [-0.39, 0.29) is 19.1 Å². The Kier molecular flexibility index (Phi) is 6.64. The molecule has 0 aromatic heterocycles. The number of halogens is 3. The first-order valence-electron chi connectivity index (χ1n) is 6.53. The van der Waals surface area contributed by atoms with Crippen molar-refractivity contribution in [1.29, 1.82) is 0 Å². The van der Waals surface area contributed by atoms with Gasteiger partial charge in [0.15, 0.2) is 0 Å². The number of nitrogens with one attached hydrogen (secondary N) is 2. The van der Waals surface area contributed by atoms with Gasteiger partial charge in [-0.1, -0.05) is 17.7 Å². The summed E-state index contributed by atoms with van der Waals surface area (Å²) in [6.07, 6.45) is -4.32. The molecule has 4 nitrogen and oxygen atoms in total. The Hall–Kier alpha value is -1.60. The molecule has 1 aromatic carbocycles. The Bertz CT molecular complexity index is 447. The average molecular weight is 304 g/mol. The van der Waals surface area contributed by atoms with Crippen LogP contribution in [0.1, 0.15) is 12.5 Å². The van der Waals surface area contributed by atoms with E-state index >= 15 is 0 Å². The number of alkyl halides is 3. The smallest absolute Gasteiger partial charge is 0.371 e. The number of ether oxygens (including phenoxy) is 1. The monoisotopic (exact) mass is 304 g/mol. The number of hydrogen-bond acceptors (Lipinski definition) is 3. The van der Waals surface area contributed by atoms with E-state index in [1.165, 1.54) is 0 Å². The summed E-state index contributed by atoms with van der Waals surface area (Å²) in [6, 6.07) is 6.79. The van der Waals surface area contributed by atoms with Crippen molar-refractivity contribution in [3.05, 3.63) is 29.8 Å². The predicted octanol–water partition coefficient (Wildman–Crippen LogP) is 2.49. The second-order valence-corrected chi connectivity index (χ2v) is 4.70. The molecule has 0 aliphatic rings. The van der Waals surface area contributed by atoms with Gasteiger partial charge >= 0.3 is 6.18 Å². The summed E-state index contributed by atoms with van der Waals surface area (Å²) >= 11 is 0. The summed E-state index contributed by atoms with van der Waals surface area (Å²) in [4.78, 5) is 11.8. The second-order valence-electron chi connectivity index (χ2n) is 4.70. The Labute approximate surface area is 121 Å². The molecule has 0 spiro atoms. The molecule has 0 saturated heterocycles. The number of anilines is 1. The fraction of sp³-hybridized carbons (Fsp3) is 0.500. The highest BCUT2D eigenvalue weighted by atomic mass is 19.4. The molecule has 1 atom stereocenters. The van der Waals surface area contributed by atoms with Gasteiger partial charge in [-0.25, -0.2) is 0 Å². The van der Waals surface area contributed by atoms with E-state index in [9.17, 15) is 18.0 Å². The number of aryl methyl sites for hydroxylation is 1. The van der Waals surface area contributed by atoms with Crippen LogP contribution >= 0.6 is 0 Å². The average Bonchev–Trinajstić information content (AvgIpc) is 2.39. The second kappa shape index (κ2) is 7.99. The van der Waals surface area contributed by atoms with Crippen LogP contribution in [0.25, 0.3) is 0 Å². The van der Waals surface area contributed by atoms with E-state index in [4.69, 9.17) is 0 Å². The van der Waals surface area contributed by atoms with Gasteiger partial charge in [0.1, 0.15) is 6.61 Å². The van der Waals surface area contributed by atoms with Gasteiger partial charge in [0.2, 0.25) is 5.91 Å². The van der Waals surface area contributed by atoms with Gasteiger partial charge in [0.05, 0.1) is 12.6 Å². The van der Waals surface area contributed by atoms with Crippen molar-refractivity contribution >= 4 is 11.6 Å². The van der Waals surface area contributed by atoms with Gasteiger partial charge < -0.3 is 15.4 Å². The maximum absolute atomic E-state index is 11.8. The normalized spacial score (nSPS) is 13.0. The minimum absolute atomic E-state index is 0.109. The quantitative estimate of drug-likeness (QED) is 0.761. The maximum atomic E-state index is 11.8. The molecule has 0 bridgehead atoms. The number of hydrogen-bond donors (Lipinski definition) is 2. The zero-order valence-corrected chi connectivity index (χ0v) is 12.0. The first kappa shape index (κ1) is 17.5. The Morgan fingerprint density at radius 2 is 1.90 bits per heavy atom. The van der Waals surface area contributed by atoms with Crippen LogP contribution < -0.4 is 10.6 Å². The van der Waals surface area contributed by atoms with E-state index in [1.54, 1.807) is 19.1 Å². The Morgan fingerprint density at radius 1 is 1.29 bits per heavy atom. The molecule has 118 valence electrons. The van der Waals surface area contributed by atoms with E-state index in [2.05, 4.69) is 15.4 Å². The molecule has 2 N–H and O–H groups in total. The van der Waals surface area contributed by atoms with Crippen molar-refractivity contribution in [1.82, 2.24) is 5.32 Å². The zero-order valence-electron chi connectivity index (χ0n) is 12.0. The molecule has 0 fully saturated rings. The van der Waals surface area contributed by atoms with Crippen LogP contribution in [0.5, 0.6) is 0 Å². The summed E-state index contributed by atoms with van der Waals surface area (Å²) in [7, 11) is 0. The summed E-state index contributed by atoms with van der Waals surface area (Å²) in [5.41, 5.74) is 1.76. The summed E-state index contributed by atoms with van der Waals surface area (Å²) < 4.78 is 39.9. The fourth-order valence-corrected chi connectivity index (χ4v) is 1.52. The number of amides is 1. The highest BCUT2D eigenvalue weighted by Crippen LogP contribution is 2.14. The van der Waals surface area contributed by atoms with Crippen molar-refractivity contribution in [3.8, 4) is 0 Å². The summed E-state index contributed by atoms with van der Waals surface area (Å²) in [5.74, 6) is -0.255. The lowest BCUT2D eigenvalue weighted by atomic mass is 10.2. The lowest BCUT2D eigenvalue weighted by Crippen LogP contribution is -2.39. The highest BCUT2D eigenvalue weighted by Gasteiger charge is 2.27. The predicted molar refractivity (Wildman–Crippen MR) is 74.1 cm³/mol. The molecule has 1 aromatic rings. The molecular weight excluding hydrogens is 285 g/mol. The zero-order chi connectivity index (χ0) is 15.9. The topological polar surface area (TPSA) is 50.4 Å². The van der Waals surface area contributed by atoms with E-state index in [0.717, 1.165) is 5.56 Å². The van der Waals surface area contributed by atoms with Gasteiger partial charge in [-0.15, -0.1) is 0 Å². The SMILES string of the molecule is Cc1ccc(NC(=O)C(C)NCCOCC(F)(F)F)cc1. The molecule has 0 heterocycles. The minimum Gasteiger partial charge on any atom is -0.371 e. The molecule has 1 unspecified atom stereocenters. The minimum atomic E-state index is -4.32. The lowest BCUT2D eigenvalue weighted by Gasteiger charge is -2.14. The van der Waals surface area contributed by atoms with Crippen molar-refractivity contribution in [3.63, 3.8) is 0 Å². The van der Waals surface area contributed by atoms with Crippen LogP contribution in [-0.4, -0.2) is 37.9 Å². The molecule has 1 amide bonds. The first-order chi connectivity index (χ1) is 9.78. The third kappa shape index (κ3) is 7.67. The largest absolute Gasteiger partial charge is 0.411 e. The van der Waals surface area contributed by atoms with Crippen molar-refractivity contribution in [2.24, 2.45) is 0 Å². The van der Waals surface area contributed by atoms with E-state index < -0.39 is 18.8 Å². The molecule has 1 rings (SSSR count). The molecule has 0 radical (unpaired) electrons. The highest BCUT2D eigenvalue weighted by molar-refractivity contribution is 5.94. The Morgan fingerprint density at radius 3 is 2.48 bits per heavy atom. The summed E-state index contributed by atoms with van der Waals surface area (Å²) in [6.45, 7) is 2.35. The van der Waals surface area contributed by atoms with Gasteiger partial charge in [-0.2, -0.15) is 13.2 Å². The molecule has 0 aliphatic carbocycles. The lowest BCUT2D eigenvalue weighted by molar-refractivity contribution is -0.173. The van der Waals surface area contributed by atoms with Crippen molar-refractivity contribution < 1.29 is 22.7 Å². The fourth-order valence-electron chi connectivity index (χ4n) is 1.52. The first-order valence-corrected chi connectivity index (χ1v) is 6.53. The number of carbonyl (C=O) groups excluding carboxylic acids is 1. The van der Waals surface area contributed by atoms with Gasteiger partial charge in [-0.05, 0) is 26.0 Å². The molecular formula is C14H19F3N2O2. The van der Waals surface area contributed by atoms with Crippen LogP contribution in [0.15, 0.2) is 24.3 Å². The molecule has 21 heavy (non-hydrogen) atoms. The number of benzene rings is 1.